The summed E-state index contributed by atoms with van der Waals surface area (Å²) in [4.78, 5) is 15.8. The monoisotopic (exact) mass is 272 g/mol. The summed E-state index contributed by atoms with van der Waals surface area (Å²) in [6.45, 7) is 2.26. The largest absolute Gasteiger partial charge is 0.465 e. The lowest BCUT2D eigenvalue weighted by Crippen LogP contribution is -2.27. The van der Waals surface area contributed by atoms with Crippen LogP contribution in [0.3, 0.4) is 0 Å². The number of carbonyl (C=O) groups excluding carboxylic acids is 1. The van der Waals surface area contributed by atoms with Crippen molar-refractivity contribution < 1.29 is 9.53 Å². The lowest BCUT2D eigenvalue weighted by Gasteiger charge is -2.07. The first kappa shape index (κ1) is 12.2. The Morgan fingerprint density at radius 2 is 2.24 bits per heavy atom. The number of nitrogens with one attached hydrogen (secondary N) is 1. The summed E-state index contributed by atoms with van der Waals surface area (Å²) >= 11 is 11.8. The Balaban J connectivity index is 2.30. The zero-order valence-corrected chi connectivity index (χ0v) is 10.5. The fourth-order valence-corrected chi connectivity index (χ4v) is 2.04. The number of rotatable bonds is 2. The molecule has 1 amide bonds. The van der Waals surface area contributed by atoms with Crippen LogP contribution in [0.5, 0.6) is 0 Å². The Bertz CT molecular complexity index is 488. The van der Waals surface area contributed by atoms with E-state index in [9.17, 15) is 4.79 Å². The van der Waals surface area contributed by atoms with Gasteiger partial charge < -0.3 is 4.74 Å². The molecule has 0 aromatic heterocycles. The minimum absolute atomic E-state index is 0.230. The molecule has 1 atom stereocenters. The van der Waals surface area contributed by atoms with Crippen LogP contribution in [0, 0.1) is 0 Å². The number of benzene rings is 1. The summed E-state index contributed by atoms with van der Waals surface area (Å²) in [6, 6.07) is 4.51. The lowest BCUT2D eigenvalue weighted by atomic mass is 10.1. The molecular formula is C11H10Cl2N2O2. The highest BCUT2D eigenvalue weighted by Gasteiger charge is 2.30. The third-order valence-corrected chi connectivity index (χ3v) is 2.83. The van der Waals surface area contributed by atoms with E-state index in [1.165, 1.54) is 0 Å². The molecule has 1 aliphatic heterocycles. The van der Waals surface area contributed by atoms with Crippen molar-refractivity contribution >= 4 is 35.1 Å². The molecule has 1 unspecified atom stereocenters. The third kappa shape index (κ3) is 2.53. The minimum atomic E-state index is -0.665. The average Bonchev–Trinajstić information content (AvgIpc) is 2.60. The quantitative estimate of drug-likeness (QED) is 0.900. The molecule has 90 valence electrons. The van der Waals surface area contributed by atoms with Gasteiger partial charge in [0.1, 0.15) is 0 Å². The molecule has 0 saturated carbocycles. The number of ether oxygens (including phenoxy) is 1. The van der Waals surface area contributed by atoms with E-state index >= 15 is 0 Å². The molecule has 2 rings (SSSR count). The molecule has 0 saturated heterocycles. The average molecular weight is 273 g/mol. The highest BCUT2D eigenvalue weighted by atomic mass is 35.5. The number of nitrogens with zero attached hydrogens (tertiary/aromatic N) is 1. The molecule has 1 aromatic carbocycles. The number of hydrogen-bond donors (Lipinski definition) is 1. The lowest BCUT2D eigenvalue weighted by molar-refractivity contribution is -0.120. The van der Waals surface area contributed by atoms with Crippen LogP contribution in [0.2, 0.25) is 10.0 Å². The Hall–Kier alpha value is -1.26. The molecule has 0 spiro atoms. The number of halogens is 2. The molecule has 1 aromatic rings. The molecule has 1 heterocycles. The van der Waals surface area contributed by atoms with Crippen molar-refractivity contribution in [1.29, 1.82) is 0 Å². The third-order valence-electron chi connectivity index (χ3n) is 2.26. The van der Waals surface area contributed by atoms with E-state index in [0.29, 0.717) is 22.2 Å². The second-order valence-electron chi connectivity index (χ2n) is 3.42. The van der Waals surface area contributed by atoms with E-state index in [4.69, 9.17) is 27.9 Å². The fourth-order valence-electron chi connectivity index (χ4n) is 1.53. The zero-order chi connectivity index (χ0) is 12.4. The van der Waals surface area contributed by atoms with Gasteiger partial charge in [-0.05, 0) is 19.1 Å². The molecule has 0 fully saturated rings. The van der Waals surface area contributed by atoms with Gasteiger partial charge in [-0.3, -0.25) is 10.1 Å². The molecule has 1 aliphatic rings. The second kappa shape index (κ2) is 4.94. The smallest absolute Gasteiger partial charge is 0.292 e. The van der Waals surface area contributed by atoms with Crippen LogP contribution in [-0.4, -0.2) is 18.5 Å². The molecule has 6 heteroatoms. The summed E-state index contributed by atoms with van der Waals surface area (Å²) in [5.41, 5.74) is 0.614. The van der Waals surface area contributed by atoms with Crippen molar-refractivity contribution in [3.8, 4) is 0 Å². The Kier molecular flexibility index (Phi) is 3.54. The number of amidine groups is 1. The Morgan fingerprint density at radius 3 is 2.88 bits per heavy atom. The molecule has 0 aliphatic carbocycles. The van der Waals surface area contributed by atoms with Crippen molar-refractivity contribution in [2.24, 2.45) is 4.99 Å². The van der Waals surface area contributed by atoms with Gasteiger partial charge in [-0.2, -0.15) is 0 Å². The summed E-state index contributed by atoms with van der Waals surface area (Å²) in [6.07, 6.45) is 0. The van der Waals surface area contributed by atoms with Gasteiger partial charge in [0.15, 0.2) is 6.04 Å². The number of carbonyl (C=O) groups is 1. The zero-order valence-electron chi connectivity index (χ0n) is 9.04. The van der Waals surface area contributed by atoms with E-state index in [2.05, 4.69) is 10.3 Å². The number of amides is 1. The van der Waals surface area contributed by atoms with Crippen LogP contribution in [0.25, 0.3) is 0 Å². The SMILES string of the molecule is CCOC1=NC(c2ccc(Cl)cc2Cl)C(=O)N1. The summed E-state index contributed by atoms with van der Waals surface area (Å²) in [7, 11) is 0. The minimum Gasteiger partial charge on any atom is -0.465 e. The Labute approximate surface area is 109 Å². The fraction of sp³-hybridized carbons (Fsp3) is 0.273. The van der Waals surface area contributed by atoms with E-state index in [1.807, 2.05) is 6.92 Å². The van der Waals surface area contributed by atoms with Crippen LogP contribution in [-0.2, 0) is 9.53 Å². The maximum atomic E-state index is 11.7. The van der Waals surface area contributed by atoms with Gasteiger partial charge in [0.05, 0.1) is 6.61 Å². The normalized spacial score (nSPS) is 18.9. The maximum Gasteiger partial charge on any atom is 0.292 e. The molecule has 0 bridgehead atoms. The highest BCUT2D eigenvalue weighted by Crippen LogP contribution is 2.30. The van der Waals surface area contributed by atoms with Crippen LogP contribution < -0.4 is 5.32 Å². The van der Waals surface area contributed by atoms with Gasteiger partial charge in [0.25, 0.3) is 11.9 Å². The molecule has 17 heavy (non-hydrogen) atoms. The summed E-state index contributed by atoms with van der Waals surface area (Å²) in [5.74, 6) is -0.252. The van der Waals surface area contributed by atoms with Gasteiger partial charge in [0.2, 0.25) is 0 Å². The molecular weight excluding hydrogens is 263 g/mol. The van der Waals surface area contributed by atoms with Crippen molar-refractivity contribution in [3.63, 3.8) is 0 Å². The van der Waals surface area contributed by atoms with E-state index in [-0.39, 0.29) is 11.9 Å². The van der Waals surface area contributed by atoms with Crippen LogP contribution in [0.15, 0.2) is 23.2 Å². The first-order valence-corrected chi connectivity index (χ1v) is 5.84. The van der Waals surface area contributed by atoms with Crippen molar-refractivity contribution in [3.05, 3.63) is 33.8 Å². The summed E-state index contributed by atoms with van der Waals surface area (Å²) in [5, 5.41) is 3.48. The van der Waals surface area contributed by atoms with Crippen molar-refractivity contribution in [2.75, 3.05) is 6.61 Å². The molecule has 4 nitrogen and oxygen atoms in total. The first-order valence-electron chi connectivity index (χ1n) is 5.08. The first-order chi connectivity index (χ1) is 8.11. The van der Waals surface area contributed by atoms with Crippen LogP contribution >= 0.6 is 23.2 Å². The summed E-state index contributed by atoms with van der Waals surface area (Å²) < 4.78 is 5.14. The topological polar surface area (TPSA) is 50.7 Å². The van der Waals surface area contributed by atoms with Crippen molar-refractivity contribution in [2.45, 2.75) is 13.0 Å². The van der Waals surface area contributed by atoms with Crippen LogP contribution in [0.1, 0.15) is 18.5 Å². The van der Waals surface area contributed by atoms with Crippen molar-refractivity contribution in [1.82, 2.24) is 5.32 Å². The van der Waals surface area contributed by atoms with Gasteiger partial charge in [-0.1, -0.05) is 29.3 Å². The predicted octanol–water partition coefficient (Wildman–Crippen LogP) is 2.56. The van der Waals surface area contributed by atoms with Gasteiger partial charge in [-0.25, -0.2) is 4.99 Å². The second-order valence-corrected chi connectivity index (χ2v) is 4.27. The van der Waals surface area contributed by atoms with Gasteiger partial charge in [0, 0.05) is 15.6 Å². The predicted molar refractivity (Wildman–Crippen MR) is 66.4 cm³/mol. The molecule has 0 radical (unpaired) electrons. The Morgan fingerprint density at radius 1 is 1.47 bits per heavy atom. The van der Waals surface area contributed by atoms with Crippen LogP contribution in [0.4, 0.5) is 0 Å². The number of aliphatic imine (C=N–C) groups is 1. The van der Waals surface area contributed by atoms with E-state index in [0.717, 1.165) is 0 Å². The van der Waals surface area contributed by atoms with Gasteiger partial charge >= 0.3 is 0 Å². The van der Waals surface area contributed by atoms with E-state index < -0.39 is 6.04 Å². The maximum absolute atomic E-state index is 11.7. The van der Waals surface area contributed by atoms with E-state index in [1.54, 1.807) is 18.2 Å². The standard InChI is InChI=1S/C11H10Cl2N2O2/c1-2-17-11-14-9(10(16)15-11)7-4-3-6(12)5-8(7)13/h3-5,9H,2H2,1H3,(H,14,15,16). The number of hydrogen-bond acceptors (Lipinski definition) is 3. The van der Waals surface area contributed by atoms with Gasteiger partial charge in [-0.15, -0.1) is 0 Å². The highest BCUT2D eigenvalue weighted by molar-refractivity contribution is 6.35. The molecule has 1 N–H and O–H groups in total.